The average molecular weight is 463 g/mol. The van der Waals surface area contributed by atoms with E-state index in [-0.39, 0.29) is 23.4 Å². The third kappa shape index (κ3) is 4.96. The summed E-state index contributed by atoms with van der Waals surface area (Å²) in [6.45, 7) is 5.39. The fraction of sp³-hybridized carbons (Fsp3) is 0.296. The molecule has 172 valence electrons. The maximum atomic E-state index is 13.6. The molecule has 5 nitrogen and oxygen atoms in total. The lowest BCUT2D eigenvalue weighted by molar-refractivity contribution is -0.120. The molecule has 0 saturated heterocycles. The number of rotatable bonds is 7. The maximum absolute atomic E-state index is 13.6. The molecule has 1 aliphatic rings. The van der Waals surface area contributed by atoms with E-state index in [0.717, 1.165) is 29.5 Å². The Morgan fingerprint density at radius 1 is 0.970 bits per heavy atom. The van der Waals surface area contributed by atoms with Crippen LogP contribution in [0.4, 0.5) is 5.69 Å². The number of nitrogens with zero attached hydrogens (tertiary/aromatic N) is 1. The van der Waals surface area contributed by atoms with Gasteiger partial charge in [-0.1, -0.05) is 54.1 Å². The van der Waals surface area contributed by atoms with Gasteiger partial charge < -0.3 is 5.32 Å². The van der Waals surface area contributed by atoms with Crippen molar-refractivity contribution in [2.45, 2.75) is 51.0 Å². The number of carbonyl (C=O) groups excluding carboxylic acids is 1. The van der Waals surface area contributed by atoms with Crippen LogP contribution in [0, 0.1) is 13.8 Å². The number of para-hydroxylation sites is 1. The largest absolute Gasteiger partial charge is 0.348 e. The van der Waals surface area contributed by atoms with Crippen LogP contribution in [-0.2, 0) is 27.7 Å². The summed E-state index contributed by atoms with van der Waals surface area (Å²) in [6.07, 6.45) is 3.35. The van der Waals surface area contributed by atoms with Gasteiger partial charge in [-0.3, -0.25) is 9.10 Å². The van der Waals surface area contributed by atoms with E-state index in [1.807, 2.05) is 32.9 Å². The second-order valence-electron chi connectivity index (χ2n) is 8.78. The molecule has 1 unspecified atom stereocenters. The molecule has 0 bridgehead atoms. The Labute approximate surface area is 196 Å². The van der Waals surface area contributed by atoms with Gasteiger partial charge in [0, 0.05) is 0 Å². The Bertz CT molecular complexity index is 1270. The Hall–Kier alpha value is -3.12. The van der Waals surface area contributed by atoms with Crippen LogP contribution in [-0.4, -0.2) is 20.9 Å². The normalized spacial score (nSPS) is 13.9. The predicted molar refractivity (Wildman–Crippen MR) is 132 cm³/mol. The van der Waals surface area contributed by atoms with Crippen LogP contribution in [0.15, 0.2) is 71.6 Å². The van der Waals surface area contributed by atoms with E-state index in [4.69, 9.17) is 0 Å². The van der Waals surface area contributed by atoms with Crippen LogP contribution in [0.5, 0.6) is 0 Å². The Morgan fingerprint density at radius 3 is 2.39 bits per heavy atom. The fourth-order valence-electron chi connectivity index (χ4n) is 4.34. The number of hydrogen-bond donors (Lipinski definition) is 1. The molecule has 1 atom stereocenters. The van der Waals surface area contributed by atoms with Gasteiger partial charge in [0.05, 0.1) is 16.6 Å². The molecule has 0 fully saturated rings. The van der Waals surface area contributed by atoms with Crippen molar-refractivity contribution in [2.24, 2.45) is 0 Å². The van der Waals surface area contributed by atoms with Crippen molar-refractivity contribution >= 4 is 21.6 Å². The number of carbonyl (C=O) groups is 1. The number of fused-ring (bicyclic) bond motifs is 1. The van der Waals surface area contributed by atoms with Gasteiger partial charge in [0.15, 0.2) is 0 Å². The lowest BCUT2D eigenvalue weighted by Gasteiger charge is -2.26. The molecule has 1 amide bonds. The molecule has 6 heteroatoms. The van der Waals surface area contributed by atoms with Crippen molar-refractivity contribution in [3.8, 4) is 0 Å². The Balaban J connectivity index is 1.59. The molecule has 0 saturated carbocycles. The van der Waals surface area contributed by atoms with Crippen molar-refractivity contribution in [3.05, 3.63) is 94.5 Å². The fourth-order valence-corrected chi connectivity index (χ4v) is 5.83. The van der Waals surface area contributed by atoms with Gasteiger partial charge in [-0.25, -0.2) is 8.42 Å². The molecule has 0 heterocycles. The summed E-state index contributed by atoms with van der Waals surface area (Å²) in [7, 11) is -3.92. The van der Waals surface area contributed by atoms with Crippen LogP contribution in [0.1, 0.15) is 47.2 Å². The summed E-state index contributed by atoms with van der Waals surface area (Å²) in [5, 5.41) is 2.99. The van der Waals surface area contributed by atoms with Crippen molar-refractivity contribution in [1.82, 2.24) is 5.32 Å². The highest BCUT2D eigenvalue weighted by molar-refractivity contribution is 7.92. The van der Waals surface area contributed by atoms with E-state index in [0.29, 0.717) is 5.69 Å². The predicted octanol–water partition coefficient (Wildman–Crippen LogP) is 4.86. The van der Waals surface area contributed by atoms with E-state index in [2.05, 4.69) is 23.5 Å². The first-order valence-electron chi connectivity index (χ1n) is 11.3. The standard InChI is InChI=1S/C27H30N2O3S/c1-19-11-15-25(16-12-19)33(31,32)29(26-10-5-4-7-20(26)2)18-27(30)28-21(3)23-14-13-22-8-6-9-24(22)17-23/h4-5,7,10-17,21H,6,8-9,18H2,1-3H3,(H,28,30). The summed E-state index contributed by atoms with van der Waals surface area (Å²) in [5.74, 6) is -0.345. The van der Waals surface area contributed by atoms with E-state index in [9.17, 15) is 13.2 Å². The van der Waals surface area contributed by atoms with Gasteiger partial charge in [-0.05, 0) is 80.5 Å². The number of sulfonamides is 1. The van der Waals surface area contributed by atoms with Crippen LogP contribution >= 0.6 is 0 Å². The summed E-state index contributed by atoms with van der Waals surface area (Å²) in [6, 6.07) is 20.0. The molecule has 3 aromatic carbocycles. The highest BCUT2D eigenvalue weighted by atomic mass is 32.2. The number of nitrogens with one attached hydrogen (secondary N) is 1. The number of benzene rings is 3. The molecular formula is C27H30N2O3S. The molecule has 0 aliphatic heterocycles. The molecule has 3 aromatic rings. The first-order valence-corrected chi connectivity index (χ1v) is 12.8. The first kappa shape index (κ1) is 23.1. The van der Waals surface area contributed by atoms with Gasteiger partial charge in [0.1, 0.15) is 6.54 Å². The zero-order valence-electron chi connectivity index (χ0n) is 19.3. The van der Waals surface area contributed by atoms with Crippen LogP contribution < -0.4 is 9.62 Å². The third-order valence-electron chi connectivity index (χ3n) is 6.28. The van der Waals surface area contributed by atoms with Crippen LogP contribution in [0.25, 0.3) is 0 Å². The van der Waals surface area contributed by atoms with Crippen molar-refractivity contribution < 1.29 is 13.2 Å². The first-order chi connectivity index (χ1) is 15.8. The molecule has 33 heavy (non-hydrogen) atoms. The van der Waals surface area contributed by atoms with E-state index in [1.165, 1.54) is 21.9 Å². The highest BCUT2D eigenvalue weighted by Gasteiger charge is 2.28. The van der Waals surface area contributed by atoms with Gasteiger partial charge in [0.2, 0.25) is 5.91 Å². The Kier molecular flexibility index (Phi) is 6.56. The van der Waals surface area contributed by atoms with Gasteiger partial charge in [-0.2, -0.15) is 0 Å². The van der Waals surface area contributed by atoms with E-state index in [1.54, 1.807) is 36.4 Å². The molecule has 0 spiro atoms. The molecule has 0 aromatic heterocycles. The molecular weight excluding hydrogens is 432 g/mol. The lowest BCUT2D eigenvalue weighted by Crippen LogP contribution is -2.41. The zero-order chi connectivity index (χ0) is 23.6. The minimum atomic E-state index is -3.92. The number of anilines is 1. The summed E-state index contributed by atoms with van der Waals surface area (Å²) in [4.78, 5) is 13.2. The number of aryl methyl sites for hydroxylation is 4. The topological polar surface area (TPSA) is 66.5 Å². The summed E-state index contributed by atoms with van der Waals surface area (Å²) in [5.41, 5.74) is 6.01. The van der Waals surface area contributed by atoms with Crippen LogP contribution in [0.3, 0.4) is 0 Å². The minimum Gasteiger partial charge on any atom is -0.348 e. The third-order valence-corrected chi connectivity index (χ3v) is 8.05. The summed E-state index contributed by atoms with van der Waals surface area (Å²) >= 11 is 0. The maximum Gasteiger partial charge on any atom is 0.264 e. The van der Waals surface area contributed by atoms with Crippen molar-refractivity contribution in [1.29, 1.82) is 0 Å². The minimum absolute atomic E-state index is 0.163. The SMILES string of the molecule is Cc1ccc(S(=O)(=O)N(CC(=O)NC(C)c2ccc3c(c2)CCC3)c2ccccc2C)cc1. The quantitative estimate of drug-likeness (QED) is 0.545. The number of hydrogen-bond acceptors (Lipinski definition) is 3. The van der Waals surface area contributed by atoms with Gasteiger partial charge in [0.25, 0.3) is 10.0 Å². The van der Waals surface area contributed by atoms with Gasteiger partial charge in [-0.15, -0.1) is 0 Å². The average Bonchev–Trinajstić information content (AvgIpc) is 3.26. The molecule has 4 rings (SSSR count). The summed E-state index contributed by atoms with van der Waals surface area (Å²) < 4.78 is 28.3. The Morgan fingerprint density at radius 2 is 1.67 bits per heavy atom. The second kappa shape index (κ2) is 9.40. The number of amides is 1. The highest BCUT2D eigenvalue weighted by Crippen LogP contribution is 2.28. The second-order valence-corrected chi connectivity index (χ2v) is 10.6. The van der Waals surface area contributed by atoms with E-state index >= 15 is 0 Å². The van der Waals surface area contributed by atoms with Crippen molar-refractivity contribution in [3.63, 3.8) is 0 Å². The zero-order valence-corrected chi connectivity index (χ0v) is 20.2. The van der Waals surface area contributed by atoms with Crippen LogP contribution in [0.2, 0.25) is 0 Å². The molecule has 1 aliphatic carbocycles. The lowest BCUT2D eigenvalue weighted by atomic mass is 10.0. The monoisotopic (exact) mass is 462 g/mol. The van der Waals surface area contributed by atoms with E-state index < -0.39 is 10.0 Å². The molecule has 0 radical (unpaired) electrons. The van der Waals surface area contributed by atoms with Crippen molar-refractivity contribution in [2.75, 3.05) is 10.8 Å². The molecule has 1 N–H and O–H groups in total. The smallest absolute Gasteiger partial charge is 0.264 e. The van der Waals surface area contributed by atoms with Gasteiger partial charge >= 0.3 is 0 Å².